The van der Waals surface area contributed by atoms with Crippen LogP contribution in [0.15, 0.2) is 27.8 Å². The number of aryl methyl sites for hydroxylation is 2. The van der Waals surface area contributed by atoms with Crippen molar-refractivity contribution >= 4 is 11.8 Å². The SMILES string of the molecule is CN=C(NCc1ccc(N2CCN(C)CC2)nc1)NCc1c(C)noc1C. The lowest BCUT2D eigenvalue weighted by Crippen LogP contribution is -2.44. The van der Waals surface area contributed by atoms with E-state index in [2.05, 4.69) is 54.7 Å². The lowest BCUT2D eigenvalue weighted by atomic mass is 10.2. The maximum Gasteiger partial charge on any atom is 0.191 e. The van der Waals surface area contributed by atoms with E-state index in [4.69, 9.17) is 4.52 Å². The van der Waals surface area contributed by atoms with Gasteiger partial charge in [-0.25, -0.2) is 4.98 Å². The van der Waals surface area contributed by atoms with Crippen LogP contribution in [0.2, 0.25) is 0 Å². The number of likely N-dealkylation sites (N-methyl/N-ethyl adjacent to an activating group) is 1. The molecule has 0 aromatic carbocycles. The van der Waals surface area contributed by atoms with Crippen molar-refractivity contribution in [2.75, 3.05) is 45.2 Å². The minimum absolute atomic E-state index is 0.626. The van der Waals surface area contributed by atoms with Crippen LogP contribution in [0.5, 0.6) is 0 Å². The number of nitrogens with zero attached hydrogens (tertiary/aromatic N) is 5. The summed E-state index contributed by atoms with van der Waals surface area (Å²) in [7, 11) is 3.92. The summed E-state index contributed by atoms with van der Waals surface area (Å²) in [5, 5.41) is 10.6. The summed E-state index contributed by atoms with van der Waals surface area (Å²) in [6.07, 6.45) is 1.93. The van der Waals surface area contributed by atoms with Gasteiger partial charge in [-0.2, -0.15) is 0 Å². The molecule has 0 aliphatic carbocycles. The Bertz CT molecular complexity index is 741. The molecular formula is C19H29N7O. The first-order valence-corrected chi connectivity index (χ1v) is 9.31. The van der Waals surface area contributed by atoms with E-state index in [0.29, 0.717) is 13.1 Å². The molecule has 2 aromatic heterocycles. The summed E-state index contributed by atoms with van der Waals surface area (Å²) in [4.78, 5) is 13.6. The van der Waals surface area contributed by atoms with Crippen molar-refractivity contribution in [1.29, 1.82) is 0 Å². The number of pyridine rings is 1. The number of hydrogen-bond donors (Lipinski definition) is 2. The highest BCUT2D eigenvalue weighted by Crippen LogP contribution is 2.14. The third-order valence-electron chi connectivity index (χ3n) is 4.93. The Hall–Kier alpha value is -2.61. The molecule has 0 spiro atoms. The van der Waals surface area contributed by atoms with Gasteiger partial charge < -0.3 is 25.0 Å². The van der Waals surface area contributed by atoms with Crippen molar-refractivity contribution in [1.82, 2.24) is 25.7 Å². The molecule has 8 heteroatoms. The molecule has 0 saturated carbocycles. The molecule has 8 nitrogen and oxygen atoms in total. The first kappa shape index (κ1) is 19.2. The lowest BCUT2D eigenvalue weighted by Gasteiger charge is -2.33. The first-order valence-electron chi connectivity index (χ1n) is 9.31. The summed E-state index contributed by atoms with van der Waals surface area (Å²) in [6.45, 7) is 9.37. The second-order valence-electron chi connectivity index (χ2n) is 6.90. The molecule has 146 valence electrons. The average Bonchev–Trinajstić information content (AvgIpc) is 3.01. The van der Waals surface area contributed by atoms with Crippen molar-refractivity contribution in [2.24, 2.45) is 4.99 Å². The Morgan fingerprint density at radius 2 is 1.89 bits per heavy atom. The lowest BCUT2D eigenvalue weighted by molar-refractivity contribution is 0.312. The fraction of sp³-hybridized carbons (Fsp3) is 0.526. The zero-order valence-corrected chi connectivity index (χ0v) is 16.6. The highest BCUT2D eigenvalue weighted by Gasteiger charge is 2.15. The van der Waals surface area contributed by atoms with Crippen LogP contribution in [0.1, 0.15) is 22.6 Å². The normalized spacial score (nSPS) is 15.9. The third kappa shape index (κ3) is 4.97. The zero-order valence-electron chi connectivity index (χ0n) is 16.6. The fourth-order valence-electron chi connectivity index (χ4n) is 3.08. The van der Waals surface area contributed by atoms with Crippen LogP contribution in [-0.2, 0) is 13.1 Å². The molecule has 0 amide bonds. The number of hydrogen-bond acceptors (Lipinski definition) is 6. The van der Waals surface area contributed by atoms with Crippen molar-refractivity contribution in [3.8, 4) is 0 Å². The summed E-state index contributed by atoms with van der Waals surface area (Å²) in [5.74, 6) is 2.62. The molecule has 1 aliphatic rings. The number of aromatic nitrogens is 2. The summed E-state index contributed by atoms with van der Waals surface area (Å²) >= 11 is 0. The van der Waals surface area contributed by atoms with Crippen LogP contribution in [0.3, 0.4) is 0 Å². The van der Waals surface area contributed by atoms with Gasteiger partial charge in [0.25, 0.3) is 0 Å². The predicted octanol–water partition coefficient (Wildman–Crippen LogP) is 1.30. The van der Waals surface area contributed by atoms with Gasteiger partial charge in [-0.05, 0) is 32.5 Å². The van der Waals surface area contributed by atoms with Gasteiger partial charge in [0.05, 0.1) is 5.69 Å². The number of rotatable bonds is 5. The first-order chi connectivity index (χ1) is 13.1. The van der Waals surface area contributed by atoms with Crippen molar-refractivity contribution in [2.45, 2.75) is 26.9 Å². The van der Waals surface area contributed by atoms with Crippen LogP contribution in [0.25, 0.3) is 0 Å². The molecule has 1 fully saturated rings. The Morgan fingerprint density at radius 1 is 1.15 bits per heavy atom. The van der Waals surface area contributed by atoms with Gasteiger partial charge >= 0.3 is 0 Å². The Kier molecular flexibility index (Phi) is 6.28. The molecule has 1 aliphatic heterocycles. The Balaban J connectivity index is 1.49. The molecule has 2 N–H and O–H groups in total. The highest BCUT2D eigenvalue weighted by molar-refractivity contribution is 5.79. The maximum absolute atomic E-state index is 5.19. The maximum atomic E-state index is 5.19. The van der Waals surface area contributed by atoms with Gasteiger partial charge in [-0.3, -0.25) is 4.99 Å². The smallest absolute Gasteiger partial charge is 0.191 e. The van der Waals surface area contributed by atoms with E-state index in [0.717, 1.165) is 60.5 Å². The summed E-state index contributed by atoms with van der Waals surface area (Å²) in [6, 6.07) is 4.22. The average molecular weight is 371 g/mol. The molecule has 3 heterocycles. The highest BCUT2D eigenvalue weighted by atomic mass is 16.5. The number of guanidine groups is 1. The van der Waals surface area contributed by atoms with Crippen LogP contribution in [-0.4, -0.2) is 61.3 Å². The van der Waals surface area contributed by atoms with Gasteiger partial charge in [0, 0.05) is 58.1 Å². The van der Waals surface area contributed by atoms with E-state index in [1.54, 1.807) is 7.05 Å². The predicted molar refractivity (Wildman–Crippen MR) is 107 cm³/mol. The number of piperazine rings is 1. The van der Waals surface area contributed by atoms with Gasteiger partial charge in [0.2, 0.25) is 0 Å². The molecule has 0 radical (unpaired) electrons. The Morgan fingerprint density at radius 3 is 2.48 bits per heavy atom. The molecule has 0 atom stereocenters. The topological polar surface area (TPSA) is 81.8 Å². The minimum Gasteiger partial charge on any atom is -0.361 e. The van der Waals surface area contributed by atoms with Crippen molar-refractivity contribution in [3.63, 3.8) is 0 Å². The van der Waals surface area contributed by atoms with Crippen molar-refractivity contribution < 1.29 is 4.52 Å². The third-order valence-corrected chi connectivity index (χ3v) is 4.93. The summed E-state index contributed by atoms with van der Waals surface area (Å²) in [5.41, 5.74) is 3.09. The van der Waals surface area contributed by atoms with Gasteiger partial charge in [-0.1, -0.05) is 11.2 Å². The monoisotopic (exact) mass is 371 g/mol. The molecule has 1 saturated heterocycles. The van der Waals surface area contributed by atoms with E-state index in [-0.39, 0.29) is 0 Å². The van der Waals surface area contributed by atoms with Crippen LogP contribution >= 0.6 is 0 Å². The molecule has 2 aromatic rings. The fourth-order valence-corrected chi connectivity index (χ4v) is 3.08. The van der Waals surface area contributed by atoms with Gasteiger partial charge in [0.15, 0.2) is 5.96 Å². The number of nitrogens with one attached hydrogen (secondary N) is 2. The number of anilines is 1. The second-order valence-corrected chi connectivity index (χ2v) is 6.90. The van der Waals surface area contributed by atoms with Crippen LogP contribution < -0.4 is 15.5 Å². The molecule has 0 bridgehead atoms. The Labute approximate surface area is 160 Å². The zero-order chi connectivity index (χ0) is 19.2. The van der Waals surface area contributed by atoms with E-state index in [1.165, 1.54) is 0 Å². The van der Waals surface area contributed by atoms with E-state index in [9.17, 15) is 0 Å². The van der Waals surface area contributed by atoms with E-state index < -0.39 is 0 Å². The number of aliphatic imine (C=N–C) groups is 1. The van der Waals surface area contributed by atoms with E-state index >= 15 is 0 Å². The molecule has 27 heavy (non-hydrogen) atoms. The molecule has 3 rings (SSSR count). The van der Waals surface area contributed by atoms with Crippen LogP contribution in [0, 0.1) is 13.8 Å². The van der Waals surface area contributed by atoms with Gasteiger partial charge in [0.1, 0.15) is 11.6 Å². The van der Waals surface area contributed by atoms with Crippen LogP contribution in [0.4, 0.5) is 5.82 Å². The molecular weight excluding hydrogens is 342 g/mol. The standard InChI is InChI=1S/C19H29N7O/c1-14-17(15(2)27-24-14)13-23-19(20-3)22-12-16-5-6-18(21-11-16)26-9-7-25(4)8-10-26/h5-6,11H,7-10,12-13H2,1-4H3,(H2,20,22,23). The van der Waals surface area contributed by atoms with Gasteiger partial charge in [-0.15, -0.1) is 0 Å². The summed E-state index contributed by atoms with van der Waals surface area (Å²) < 4.78 is 5.19. The second kappa shape index (κ2) is 8.85. The quantitative estimate of drug-likeness (QED) is 0.606. The van der Waals surface area contributed by atoms with E-state index in [1.807, 2.05) is 20.0 Å². The largest absolute Gasteiger partial charge is 0.361 e. The minimum atomic E-state index is 0.626. The van der Waals surface area contributed by atoms with Crippen molar-refractivity contribution in [3.05, 3.63) is 40.9 Å². The molecule has 0 unspecified atom stereocenters.